The molecule has 0 saturated heterocycles. The summed E-state index contributed by atoms with van der Waals surface area (Å²) in [5, 5.41) is 0. The zero-order valence-electron chi connectivity index (χ0n) is 7.46. The fourth-order valence-electron chi connectivity index (χ4n) is 1.53. The Bertz CT molecular complexity index is 105. The minimum absolute atomic E-state index is 0. The minimum Gasteiger partial charge on any atom is -0.345 e. The Morgan fingerprint density at radius 2 is 1.82 bits per heavy atom. The average molecular weight is 492 g/mol. The van der Waals surface area contributed by atoms with Crippen molar-refractivity contribution in [1.82, 2.24) is 0 Å². The minimum atomic E-state index is 0. The molecule has 0 aliphatic heterocycles. The third-order valence-corrected chi connectivity index (χ3v) is 2.20. The van der Waals surface area contributed by atoms with Crippen LogP contribution in [0.15, 0.2) is 0 Å². The predicted octanol–water partition coefficient (Wildman–Crippen LogP) is 2.70. The summed E-state index contributed by atoms with van der Waals surface area (Å²) in [6.07, 6.45) is 3.61. The Morgan fingerprint density at radius 1 is 1.36 bits per heavy atom. The fourth-order valence-corrected chi connectivity index (χ4v) is 1.53. The summed E-state index contributed by atoms with van der Waals surface area (Å²) in [6, 6.07) is 0. The van der Waals surface area contributed by atoms with E-state index < -0.39 is 0 Å². The molecule has 1 aliphatic rings. The van der Waals surface area contributed by atoms with Gasteiger partial charge in [-0.1, -0.05) is 26.2 Å². The Labute approximate surface area is 99.4 Å². The van der Waals surface area contributed by atoms with E-state index in [2.05, 4.69) is 34.1 Å². The van der Waals surface area contributed by atoms with E-state index in [1.807, 2.05) is 0 Å². The van der Waals surface area contributed by atoms with E-state index in [0.717, 1.165) is 5.92 Å². The van der Waals surface area contributed by atoms with Gasteiger partial charge in [0.25, 0.3) is 0 Å². The Hall–Kier alpha value is 1.38. The number of rotatable bonds is 0. The Kier molecular flexibility index (Phi) is 7.01. The summed E-state index contributed by atoms with van der Waals surface area (Å²) >= 11 is 0. The van der Waals surface area contributed by atoms with Gasteiger partial charge in [-0.2, -0.15) is 5.92 Å². The number of hydrogen-bond donors (Lipinski definition) is 0. The van der Waals surface area contributed by atoms with E-state index in [0.29, 0.717) is 11.3 Å². The van der Waals surface area contributed by atoms with E-state index in [9.17, 15) is 0 Å². The van der Waals surface area contributed by atoms with Crippen LogP contribution in [0, 0.1) is 30.6 Å². The zero-order chi connectivity index (χ0) is 7.07. The molecule has 0 spiro atoms. The summed E-state index contributed by atoms with van der Waals surface area (Å²) < 4.78 is 0. The Balaban J connectivity index is 0. The van der Waals surface area contributed by atoms with Crippen LogP contribution >= 0.6 is 0 Å². The van der Waals surface area contributed by atoms with Crippen molar-refractivity contribution in [2.45, 2.75) is 27.2 Å². The van der Waals surface area contributed by atoms with Crippen molar-refractivity contribution in [3.63, 3.8) is 0 Å². The van der Waals surface area contributed by atoms with Crippen molar-refractivity contribution in [3.05, 3.63) is 13.3 Å². The van der Waals surface area contributed by atoms with Crippen LogP contribution in [-0.2, 0) is 42.1 Å². The van der Waals surface area contributed by atoms with Crippen molar-refractivity contribution in [2.75, 3.05) is 0 Å². The van der Waals surface area contributed by atoms with E-state index in [1.54, 1.807) is 0 Å². The molecule has 2 atom stereocenters. The molecule has 1 aliphatic carbocycles. The molecule has 1 fully saturated rings. The summed E-state index contributed by atoms with van der Waals surface area (Å²) in [5.41, 5.74) is 0.449. The summed E-state index contributed by atoms with van der Waals surface area (Å²) in [5.74, 6) is 1.45. The molecular formula is C9H16W2. The molecule has 0 aromatic rings. The largest absolute Gasteiger partial charge is 2.00 e. The first kappa shape index (κ1) is 14.9. The molecule has 1 saturated carbocycles. The maximum absolute atomic E-state index is 4.06. The van der Waals surface area contributed by atoms with Gasteiger partial charge in [0.05, 0.1) is 0 Å². The standard InChI is InChI=1S/C9H16.2W/c1-7-5-6-8(7)9(2,3)4;;/h6-8H,1,5H2,2-4H3;;/q-2;;+2. The second-order valence-corrected chi connectivity index (χ2v) is 4.12. The van der Waals surface area contributed by atoms with Crippen LogP contribution in [-0.4, -0.2) is 0 Å². The van der Waals surface area contributed by atoms with Crippen LogP contribution < -0.4 is 0 Å². The van der Waals surface area contributed by atoms with Gasteiger partial charge < -0.3 is 13.3 Å². The first-order valence-electron chi connectivity index (χ1n) is 3.68. The quantitative estimate of drug-likeness (QED) is 0.457. The van der Waals surface area contributed by atoms with Gasteiger partial charge in [0, 0.05) is 21.1 Å². The molecule has 0 amide bonds. The molecule has 0 radical (unpaired) electrons. The van der Waals surface area contributed by atoms with Crippen LogP contribution in [0.5, 0.6) is 0 Å². The first-order valence-corrected chi connectivity index (χ1v) is 3.68. The van der Waals surface area contributed by atoms with Crippen molar-refractivity contribution < 1.29 is 42.1 Å². The first-order chi connectivity index (χ1) is 4.02. The van der Waals surface area contributed by atoms with Gasteiger partial charge in [0.2, 0.25) is 0 Å². The smallest absolute Gasteiger partial charge is 0.345 e. The van der Waals surface area contributed by atoms with E-state index in [-0.39, 0.29) is 42.1 Å². The molecule has 1 rings (SSSR count). The maximum Gasteiger partial charge on any atom is 2.00 e. The number of hydrogen-bond acceptors (Lipinski definition) is 0. The topological polar surface area (TPSA) is 0 Å². The average Bonchev–Trinajstić information content (AvgIpc) is 1.57. The van der Waals surface area contributed by atoms with Gasteiger partial charge in [-0.25, -0.2) is 12.3 Å². The third kappa shape index (κ3) is 3.73. The molecule has 64 valence electrons. The van der Waals surface area contributed by atoms with Crippen molar-refractivity contribution in [1.29, 1.82) is 0 Å². The SMILES string of the molecule is [CH2-]C1C[CH-]C1C(C)(C)C.[W+2].[W]. The summed E-state index contributed by atoms with van der Waals surface area (Å²) in [7, 11) is 0. The normalized spacial score (nSPS) is 29.5. The molecule has 2 unspecified atom stereocenters. The van der Waals surface area contributed by atoms with Crippen molar-refractivity contribution >= 4 is 0 Å². The Morgan fingerprint density at radius 3 is 1.82 bits per heavy atom. The van der Waals surface area contributed by atoms with Crippen LogP contribution in [0.2, 0.25) is 0 Å². The van der Waals surface area contributed by atoms with Gasteiger partial charge in [-0.3, -0.25) is 0 Å². The predicted molar refractivity (Wildman–Crippen MR) is 40.7 cm³/mol. The summed E-state index contributed by atoms with van der Waals surface area (Å²) in [4.78, 5) is 0. The molecule has 0 heterocycles. The van der Waals surface area contributed by atoms with Gasteiger partial charge in [0.15, 0.2) is 0 Å². The molecule has 0 aromatic carbocycles. The van der Waals surface area contributed by atoms with Crippen molar-refractivity contribution in [2.24, 2.45) is 17.3 Å². The summed E-state index contributed by atoms with van der Waals surface area (Å²) in [6.45, 7) is 10.9. The van der Waals surface area contributed by atoms with E-state index in [4.69, 9.17) is 0 Å². The second kappa shape index (κ2) is 5.18. The van der Waals surface area contributed by atoms with Gasteiger partial charge in [-0.05, 0) is 0 Å². The molecule has 0 bridgehead atoms. The zero-order valence-corrected chi connectivity index (χ0v) is 13.3. The molecule has 2 heteroatoms. The monoisotopic (exact) mass is 492 g/mol. The molecule has 0 nitrogen and oxygen atoms in total. The van der Waals surface area contributed by atoms with Gasteiger partial charge in [0.1, 0.15) is 0 Å². The molecule has 0 N–H and O–H groups in total. The van der Waals surface area contributed by atoms with E-state index in [1.165, 1.54) is 6.42 Å². The fraction of sp³-hybridized carbons (Fsp3) is 0.778. The third-order valence-electron chi connectivity index (χ3n) is 2.20. The van der Waals surface area contributed by atoms with Crippen LogP contribution in [0.4, 0.5) is 0 Å². The molecule has 11 heavy (non-hydrogen) atoms. The van der Waals surface area contributed by atoms with Gasteiger partial charge in [-0.15, -0.1) is 0 Å². The molecular weight excluding hydrogens is 476 g/mol. The maximum atomic E-state index is 4.06. The van der Waals surface area contributed by atoms with E-state index >= 15 is 0 Å². The van der Waals surface area contributed by atoms with Crippen molar-refractivity contribution in [3.8, 4) is 0 Å². The second-order valence-electron chi connectivity index (χ2n) is 4.12. The van der Waals surface area contributed by atoms with Gasteiger partial charge >= 0.3 is 21.1 Å². The molecule has 0 aromatic heterocycles. The van der Waals surface area contributed by atoms with Crippen LogP contribution in [0.25, 0.3) is 0 Å². The van der Waals surface area contributed by atoms with Crippen LogP contribution in [0.1, 0.15) is 27.2 Å². The van der Waals surface area contributed by atoms with Crippen LogP contribution in [0.3, 0.4) is 0 Å².